The van der Waals surface area contributed by atoms with Gasteiger partial charge in [0.2, 0.25) is 0 Å². The molecular weight excluding hydrogens is 190 g/mol. The third-order valence-corrected chi connectivity index (χ3v) is 2.23. The molecule has 0 bridgehead atoms. The average molecular weight is 201 g/mol. The molecule has 0 radical (unpaired) electrons. The lowest BCUT2D eigenvalue weighted by molar-refractivity contribution is 0.100. The summed E-state index contributed by atoms with van der Waals surface area (Å²) >= 11 is 0. The van der Waals surface area contributed by atoms with Crippen LogP contribution in [0.4, 0.5) is 0 Å². The lowest BCUT2D eigenvalue weighted by atomic mass is 10.2. The van der Waals surface area contributed by atoms with Gasteiger partial charge in [-0.25, -0.2) is 4.68 Å². The molecule has 76 valence electrons. The maximum atomic E-state index is 10.9. The van der Waals surface area contributed by atoms with Crippen molar-refractivity contribution >= 4 is 5.91 Å². The maximum absolute atomic E-state index is 10.9. The van der Waals surface area contributed by atoms with Crippen molar-refractivity contribution in [2.24, 2.45) is 5.73 Å². The van der Waals surface area contributed by atoms with Crippen molar-refractivity contribution in [1.82, 2.24) is 9.78 Å². The van der Waals surface area contributed by atoms with E-state index in [4.69, 9.17) is 5.73 Å². The number of para-hydroxylation sites is 1. The number of hydrogen-bond acceptors (Lipinski definition) is 2. The van der Waals surface area contributed by atoms with Crippen LogP contribution in [0.2, 0.25) is 0 Å². The molecule has 0 atom stereocenters. The molecule has 4 nitrogen and oxygen atoms in total. The van der Waals surface area contributed by atoms with Crippen LogP contribution in [0.15, 0.2) is 36.7 Å². The summed E-state index contributed by atoms with van der Waals surface area (Å²) in [5.41, 5.74) is 7.61. The molecule has 1 heterocycles. The second kappa shape index (κ2) is 3.57. The highest BCUT2D eigenvalue weighted by Crippen LogP contribution is 2.12. The van der Waals surface area contributed by atoms with Crippen molar-refractivity contribution in [3.05, 3.63) is 47.8 Å². The van der Waals surface area contributed by atoms with Crippen molar-refractivity contribution < 1.29 is 4.79 Å². The number of carbonyl (C=O) groups is 1. The van der Waals surface area contributed by atoms with E-state index in [2.05, 4.69) is 5.10 Å². The van der Waals surface area contributed by atoms with E-state index in [-0.39, 0.29) is 0 Å². The second-order valence-corrected chi connectivity index (χ2v) is 3.32. The van der Waals surface area contributed by atoms with Crippen molar-refractivity contribution in [2.45, 2.75) is 6.92 Å². The standard InChI is InChI=1S/C11H11N3O/c1-8-4-2-3-5-10(8)14-7-9(6-13-14)11(12)15/h2-7H,1H3,(H2,12,15). The number of aryl methyl sites for hydroxylation is 1. The molecule has 0 aliphatic heterocycles. The topological polar surface area (TPSA) is 60.9 Å². The smallest absolute Gasteiger partial charge is 0.251 e. The Hall–Kier alpha value is -2.10. The van der Waals surface area contributed by atoms with Gasteiger partial charge in [-0.3, -0.25) is 4.79 Å². The monoisotopic (exact) mass is 201 g/mol. The number of hydrogen-bond donors (Lipinski definition) is 1. The molecule has 15 heavy (non-hydrogen) atoms. The van der Waals surface area contributed by atoms with Gasteiger partial charge in [0, 0.05) is 6.20 Å². The van der Waals surface area contributed by atoms with Crippen LogP contribution in [-0.4, -0.2) is 15.7 Å². The SMILES string of the molecule is Cc1ccccc1-n1cc(C(N)=O)cn1. The molecule has 1 aromatic carbocycles. The third kappa shape index (κ3) is 1.74. The highest BCUT2D eigenvalue weighted by atomic mass is 16.1. The Morgan fingerprint density at radius 2 is 2.13 bits per heavy atom. The minimum Gasteiger partial charge on any atom is -0.366 e. The zero-order valence-corrected chi connectivity index (χ0v) is 8.34. The molecule has 1 aromatic heterocycles. The van der Waals surface area contributed by atoms with E-state index in [0.717, 1.165) is 11.3 Å². The summed E-state index contributed by atoms with van der Waals surface area (Å²) in [6.45, 7) is 1.99. The van der Waals surface area contributed by atoms with Crippen LogP contribution in [0.25, 0.3) is 5.69 Å². The van der Waals surface area contributed by atoms with Gasteiger partial charge in [-0.05, 0) is 18.6 Å². The van der Waals surface area contributed by atoms with Crippen LogP contribution >= 0.6 is 0 Å². The fraction of sp³-hybridized carbons (Fsp3) is 0.0909. The van der Waals surface area contributed by atoms with Crippen LogP contribution in [0.1, 0.15) is 15.9 Å². The number of nitrogens with two attached hydrogens (primary N) is 1. The van der Waals surface area contributed by atoms with E-state index in [0.29, 0.717) is 5.56 Å². The van der Waals surface area contributed by atoms with Crippen molar-refractivity contribution in [3.63, 3.8) is 0 Å². The lowest BCUT2D eigenvalue weighted by Crippen LogP contribution is -2.09. The van der Waals surface area contributed by atoms with Crippen LogP contribution in [0, 0.1) is 6.92 Å². The first-order valence-corrected chi connectivity index (χ1v) is 4.59. The molecule has 0 spiro atoms. The van der Waals surface area contributed by atoms with E-state index in [1.165, 1.54) is 6.20 Å². The number of aromatic nitrogens is 2. The highest BCUT2D eigenvalue weighted by Gasteiger charge is 2.06. The average Bonchev–Trinajstić information content (AvgIpc) is 2.67. The van der Waals surface area contributed by atoms with Crippen LogP contribution < -0.4 is 5.73 Å². The van der Waals surface area contributed by atoms with Crippen LogP contribution in [0.5, 0.6) is 0 Å². The van der Waals surface area contributed by atoms with E-state index in [9.17, 15) is 4.79 Å². The van der Waals surface area contributed by atoms with Gasteiger partial charge in [-0.15, -0.1) is 0 Å². The molecule has 0 unspecified atom stereocenters. The van der Waals surface area contributed by atoms with Gasteiger partial charge in [0.25, 0.3) is 5.91 Å². The lowest BCUT2D eigenvalue weighted by Gasteiger charge is -2.03. The number of primary amides is 1. The van der Waals surface area contributed by atoms with Crippen LogP contribution in [-0.2, 0) is 0 Å². The van der Waals surface area contributed by atoms with Gasteiger partial charge in [0.1, 0.15) is 0 Å². The van der Waals surface area contributed by atoms with Crippen molar-refractivity contribution in [2.75, 3.05) is 0 Å². The second-order valence-electron chi connectivity index (χ2n) is 3.32. The summed E-state index contributed by atoms with van der Waals surface area (Å²) in [5, 5.41) is 4.08. The zero-order chi connectivity index (χ0) is 10.8. The fourth-order valence-electron chi connectivity index (χ4n) is 1.40. The molecule has 0 saturated carbocycles. The van der Waals surface area contributed by atoms with Gasteiger partial charge < -0.3 is 5.73 Å². The molecule has 0 saturated heterocycles. The Labute approximate surface area is 87.3 Å². The molecular formula is C11H11N3O. The molecule has 4 heteroatoms. The highest BCUT2D eigenvalue weighted by molar-refractivity contribution is 5.92. The Bertz CT molecular complexity index is 502. The summed E-state index contributed by atoms with van der Waals surface area (Å²) in [6, 6.07) is 7.80. The molecule has 2 aromatic rings. The summed E-state index contributed by atoms with van der Waals surface area (Å²) in [6.07, 6.45) is 3.10. The van der Waals surface area contributed by atoms with E-state index in [1.807, 2.05) is 31.2 Å². The maximum Gasteiger partial charge on any atom is 0.251 e. The molecule has 0 aliphatic rings. The normalized spacial score (nSPS) is 10.2. The van der Waals surface area contributed by atoms with Gasteiger partial charge in [-0.1, -0.05) is 18.2 Å². The first kappa shape index (κ1) is 9.45. The minimum atomic E-state index is -0.463. The summed E-state index contributed by atoms with van der Waals surface area (Å²) in [7, 11) is 0. The number of benzene rings is 1. The minimum absolute atomic E-state index is 0.415. The van der Waals surface area contributed by atoms with Gasteiger partial charge >= 0.3 is 0 Å². The van der Waals surface area contributed by atoms with E-state index >= 15 is 0 Å². The zero-order valence-electron chi connectivity index (χ0n) is 8.34. The third-order valence-electron chi connectivity index (χ3n) is 2.23. The van der Waals surface area contributed by atoms with Gasteiger partial charge in [0.15, 0.2) is 0 Å². The Balaban J connectivity index is 2.46. The number of rotatable bonds is 2. The van der Waals surface area contributed by atoms with Gasteiger partial charge in [0.05, 0.1) is 17.4 Å². The largest absolute Gasteiger partial charge is 0.366 e. The first-order chi connectivity index (χ1) is 7.18. The molecule has 2 N–H and O–H groups in total. The predicted octanol–water partition coefficient (Wildman–Crippen LogP) is 1.28. The van der Waals surface area contributed by atoms with Crippen molar-refractivity contribution in [1.29, 1.82) is 0 Å². The fourth-order valence-corrected chi connectivity index (χ4v) is 1.40. The summed E-state index contributed by atoms with van der Waals surface area (Å²) in [5.74, 6) is -0.463. The first-order valence-electron chi connectivity index (χ1n) is 4.59. The Morgan fingerprint density at radius 1 is 1.40 bits per heavy atom. The molecule has 2 rings (SSSR count). The summed E-state index contributed by atoms with van der Waals surface area (Å²) < 4.78 is 1.65. The number of carbonyl (C=O) groups excluding carboxylic acids is 1. The molecule has 0 fully saturated rings. The number of nitrogens with zero attached hydrogens (tertiary/aromatic N) is 2. The number of amides is 1. The van der Waals surface area contributed by atoms with Crippen molar-refractivity contribution in [3.8, 4) is 5.69 Å². The summed E-state index contributed by atoms with van der Waals surface area (Å²) in [4.78, 5) is 10.9. The predicted molar refractivity (Wildman–Crippen MR) is 56.8 cm³/mol. The quantitative estimate of drug-likeness (QED) is 0.795. The van der Waals surface area contributed by atoms with Gasteiger partial charge in [-0.2, -0.15) is 5.10 Å². The Kier molecular flexibility index (Phi) is 2.25. The molecule has 1 amide bonds. The molecule has 0 aliphatic carbocycles. The van der Waals surface area contributed by atoms with E-state index in [1.54, 1.807) is 10.9 Å². The Morgan fingerprint density at radius 3 is 2.73 bits per heavy atom. The van der Waals surface area contributed by atoms with Crippen LogP contribution in [0.3, 0.4) is 0 Å². The van der Waals surface area contributed by atoms with E-state index < -0.39 is 5.91 Å².